The highest BCUT2D eigenvalue weighted by Crippen LogP contribution is 2.41. The van der Waals surface area contributed by atoms with Crippen molar-refractivity contribution < 1.29 is 4.79 Å². The van der Waals surface area contributed by atoms with Crippen molar-refractivity contribution in [1.29, 1.82) is 0 Å². The van der Waals surface area contributed by atoms with Crippen LogP contribution < -0.4 is 5.32 Å². The Bertz CT molecular complexity index is 702. The van der Waals surface area contributed by atoms with Gasteiger partial charge >= 0.3 is 0 Å². The van der Waals surface area contributed by atoms with Gasteiger partial charge in [-0.3, -0.25) is 4.79 Å². The van der Waals surface area contributed by atoms with Crippen LogP contribution in [-0.4, -0.2) is 5.91 Å². The van der Waals surface area contributed by atoms with Gasteiger partial charge in [-0.1, -0.05) is 43.3 Å². The molecule has 1 N–H and O–H groups in total. The maximum atomic E-state index is 12.2. The lowest BCUT2D eigenvalue weighted by molar-refractivity contribution is -0.123. The fourth-order valence-electron chi connectivity index (χ4n) is 3.63. The molecule has 2 nitrogen and oxygen atoms in total. The van der Waals surface area contributed by atoms with Crippen LogP contribution >= 0.6 is 0 Å². The first-order chi connectivity index (χ1) is 10.2. The molecule has 0 aliphatic heterocycles. The van der Waals surface area contributed by atoms with Crippen LogP contribution in [0.5, 0.6) is 0 Å². The van der Waals surface area contributed by atoms with Gasteiger partial charge in [-0.2, -0.15) is 0 Å². The molecule has 0 heterocycles. The average molecular weight is 279 g/mol. The molecule has 21 heavy (non-hydrogen) atoms. The molecule has 0 saturated heterocycles. The van der Waals surface area contributed by atoms with Crippen LogP contribution in [0, 0.1) is 5.92 Å². The van der Waals surface area contributed by atoms with Gasteiger partial charge in [0.2, 0.25) is 5.91 Å². The molecule has 2 aromatic rings. The van der Waals surface area contributed by atoms with E-state index < -0.39 is 0 Å². The molecule has 0 aromatic heterocycles. The fourth-order valence-corrected chi connectivity index (χ4v) is 3.63. The minimum Gasteiger partial charge on any atom is -0.349 e. The monoisotopic (exact) mass is 279 g/mol. The molecule has 0 radical (unpaired) electrons. The third kappa shape index (κ3) is 2.23. The normalized spacial score (nSPS) is 24.6. The molecule has 0 spiro atoms. The van der Waals surface area contributed by atoms with E-state index in [0.717, 1.165) is 25.7 Å². The second kappa shape index (κ2) is 4.87. The third-order valence-corrected chi connectivity index (χ3v) is 5.04. The van der Waals surface area contributed by atoms with E-state index in [4.69, 9.17) is 0 Å². The molecular formula is C19H21NO. The van der Waals surface area contributed by atoms with Gasteiger partial charge in [-0.25, -0.2) is 0 Å². The Morgan fingerprint density at radius 1 is 1.05 bits per heavy atom. The summed E-state index contributed by atoms with van der Waals surface area (Å²) in [6.07, 6.45) is 4.34. The van der Waals surface area contributed by atoms with Crippen molar-refractivity contribution in [2.75, 3.05) is 0 Å². The number of rotatable bonds is 2. The first-order valence-corrected chi connectivity index (χ1v) is 8.06. The summed E-state index contributed by atoms with van der Waals surface area (Å²) < 4.78 is 0. The van der Waals surface area contributed by atoms with E-state index in [2.05, 4.69) is 48.6 Å². The minimum atomic E-state index is 0.190. The molecular weight excluding hydrogens is 258 g/mol. The molecule has 108 valence electrons. The standard InChI is InChI=1S/C19H21NO/c1-12-6-11-17(20-19(21)14-7-8-14)18-15(12)10-9-13-4-2-3-5-16(13)18/h2-5,9-10,12,14,17H,6-8,11H2,1H3,(H,20,21). The number of amides is 1. The van der Waals surface area contributed by atoms with Gasteiger partial charge < -0.3 is 5.32 Å². The van der Waals surface area contributed by atoms with Crippen LogP contribution in [0.3, 0.4) is 0 Å². The lowest BCUT2D eigenvalue weighted by atomic mass is 9.78. The van der Waals surface area contributed by atoms with Crippen molar-refractivity contribution in [1.82, 2.24) is 5.32 Å². The Morgan fingerprint density at radius 2 is 1.86 bits per heavy atom. The summed E-state index contributed by atoms with van der Waals surface area (Å²) in [7, 11) is 0. The number of fused-ring (bicyclic) bond motifs is 3. The first-order valence-electron chi connectivity index (χ1n) is 8.06. The van der Waals surface area contributed by atoms with E-state index in [-0.39, 0.29) is 17.9 Å². The van der Waals surface area contributed by atoms with Crippen molar-refractivity contribution in [2.24, 2.45) is 5.92 Å². The first kappa shape index (κ1) is 12.9. The summed E-state index contributed by atoms with van der Waals surface area (Å²) >= 11 is 0. The highest BCUT2D eigenvalue weighted by Gasteiger charge is 2.33. The summed E-state index contributed by atoms with van der Waals surface area (Å²) in [5.74, 6) is 1.12. The highest BCUT2D eigenvalue weighted by atomic mass is 16.2. The van der Waals surface area contributed by atoms with E-state index in [1.807, 2.05) is 0 Å². The predicted octanol–water partition coefficient (Wildman–Crippen LogP) is 4.30. The molecule has 1 fully saturated rings. The second-order valence-electron chi connectivity index (χ2n) is 6.60. The number of hydrogen-bond donors (Lipinski definition) is 1. The Hall–Kier alpha value is -1.83. The van der Waals surface area contributed by atoms with Crippen molar-refractivity contribution >= 4 is 16.7 Å². The SMILES string of the molecule is CC1CCC(NC(=O)C2CC2)c2c1ccc1ccccc21. The zero-order valence-corrected chi connectivity index (χ0v) is 12.4. The summed E-state index contributed by atoms with van der Waals surface area (Å²) in [5, 5.41) is 5.89. The van der Waals surface area contributed by atoms with Gasteiger partial charge in [0.15, 0.2) is 0 Å². The topological polar surface area (TPSA) is 29.1 Å². The van der Waals surface area contributed by atoms with E-state index in [1.165, 1.54) is 21.9 Å². The Labute approximate surface area is 125 Å². The van der Waals surface area contributed by atoms with Crippen LogP contribution in [0.2, 0.25) is 0 Å². The van der Waals surface area contributed by atoms with Crippen molar-refractivity contribution in [3.05, 3.63) is 47.5 Å². The molecule has 1 amide bonds. The molecule has 4 rings (SSSR count). The molecule has 2 aliphatic rings. The van der Waals surface area contributed by atoms with Crippen LogP contribution in [0.4, 0.5) is 0 Å². The van der Waals surface area contributed by atoms with Gasteiger partial charge in [-0.05, 0) is 53.5 Å². The number of benzene rings is 2. The molecule has 2 unspecified atom stereocenters. The largest absolute Gasteiger partial charge is 0.349 e. The fraction of sp³-hybridized carbons (Fsp3) is 0.421. The Kier molecular flexibility index (Phi) is 2.99. The van der Waals surface area contributed by atoms with E-state index >= 15 is 0 Å². The second-order valence-corrected chi connectivity index (χ2v) is 6.60. The van der Waals surface area contributed by atoms with Crippen LogP contribution in [-0.2, 0) is 4.79 Å². The van der Waals surface area contributed by atoms with Crippen LogP contribution in [0.1, 0.15) is 55.7 Å². The lowest BCUT2D eigenvalue weighted by Crippen LogP contribution is -2.32. The summed E-state index contributed by atoms with van der Waals surface area (Å²) in [5.41, 5.74) is 2.78. The van der Waals surface area contributed by atoms with Crippen molar-refractivity contribution in [3.8, 4) is 0 Å². The highest BCUT2D eigenvalue weighted by molar-refractivity contribution is 5.89. The van der Waals surface area contributed by atoms with Gasteiger partial charge in [0.1, 0.15) is 0 Å². The lowest BCUT2D eigenvalue weighted by Gasteiger charge is -2.31. The van der Waals surface area contributed by atoms with Crippen molar-refractivity contribution in [2.45, 2.75) is 44.6 Å². The van der Waals surface area contributed by atoms with E-state index in [9.17, 15) is 4.79 Å². The van der Waals surface area contributed by atoms with E-state index in [0.29, 0.717) is 5.92 Å². The van der Waals surface area contributed by atoms with Gasteiger partial charge in [0.05, 0.1) is 6.04 Å². The van der Waals surface area contributed by atoms with E-state index in [1.54, 1.807) is 0 Å². The molecule has 1 saturated carbocycles. The molecule has 2 atom stereocenters. The molecule has 0 bridgehead atoms. The molecule has 2 aromatic carbocycles. The number of hydrogen-bond acceptors (Lipinski definition) is 1. The minimum absolute atomic E-state index is 0.190. The molecule has 2 aliphatic carbocycles. The van der Waals surface area contributed by atoms with Crippen molar-refractivity contribution in [3.63, 3.8) is 0 Å². The summed E-state index contributed by atoms with van der Waals surface area (Å²) in [6, 6.07) is 13.2. The van der Waals surface area contributed by atoms with Crippen LogP contribution in [0.25, 0.3) is 10.8 Å². The number of carbonyl (C=O) groups is 1. The number of nitrogens with one attached hydrogen (secondary N) is 1. The smallest absolute Gasteiger partial charge is 0.223 e. The Balaban J connectivity index is 1.80. The summed E-state index contributed by atoms with van der Waals surface area (Å²) in [4.78, 5) is 12.2. The van der Waals surface area contributed by atoms with Gasteiger partial charge in [0, 0.05) is 5.92 Å². The summed E-state index contributed by atoms with van der Waals surface area (Å²) in [6.45, 7) is 2.30. The molecule has 2 heteroatoms. The maximum Gasteiger partial charge on any atom is 0.223 e. The zero-order chi connectivity index (χ0) is 14.4. The predicted molar refractivity (Wildman–Crippen MR) is 85.2 cm³/mol. The van der Waals surface area contributed by atoms with Gasteiger partial charge in [-0.15, -0.1) is 0 Å². The zero-order valence-electron chi connectivity index (χ0n) is 12.4. The maximum absolute atomic E-state index is 12.2. The Morgan fingerprint density at radius 3 is 2.67 bits per heavy atom. The van der Waals surface area contributed by atoms with Gasteiger partial charge in [0.25, 0.3) is 0 Å². The third-order valence-electron chi connectivity index (χ3n) is 5.04. The number of carbonyl (C=O) groups excluding carboxylic acids is 1. The van der Waals surface area contributed by atoms with Crippen LogP contribution in [0.15, 0.2) is 36.4 Å². The quantitative estimate of drug-likeness (QED) is 0.872. The average Bonchev–Trinajstić information content (AvgIpc) is 3.34.